The van der Waals surface area contributed by atoms with E-state index in [4.69, 9.17) is 9.47 Å². The van der Waals surface area contributed by atoms with Crippen molar-refractivity contribution in [1.82, 2.24) is 0 Å². The summed E-state index contributed by atoms with van der Waals surface area (Å²) in [5.41, 5.74) is 6.01. The number of aliphatic imine (C=N–C) groups is 2. The second-order valence-electron chi connectivity index (χ2n) is 5.44. The third-order valence-corrected chi connectivity index (χ3v) is 3.48. The fourth-order valence-electron chi connectivity index (χ4n) is 2.06. The first-order chi connectivity index (χ1) is 12.2. The molecular formula is C20H18N2O3. The quantitative estimate of drug-likeness (QED) is 0.347. The van der Waals surface area contributed by atoms with E-state index < -0.39 is 0 Å². The van der Waals surface area contributed by atoms with E-state index in [-0.39, 0.29) is 12.1 Å². The number of carbonyl (C=O) groups excluding carboxylic acids is 1. The number of carbonyl (C=O) groups is 1. The van der Waals surface area contributed by atoms with Gasteiger partial charge < -0.3 is 9.47 Å². The molecule has 0 radical (unpaired) electrons. The number of allylic oxidation sites excluding steroid dienone is 3. The van der Waals surface area contributed by atoms with E-state index in [1.165, 1.54) is 0 Å². The first kappa shape index (κ1) is 16.8. The van der Waals surface area contributed by atoms with Crippen molar-refractivity contribution in [2.45, 2.75) is 13.0 Å². The minimum atomic E-state index is -0.339. The maximum Gasteiger partial charge on any atom is 0.338 e. The number of ether oxygens (including phenoxy) is 2. The van der Waals surface area contributed by atoms with Gasteiger partial charge in [0.25, 0.3) is 0 Å². The number of benzene rings is 1. The fourth-order valence-corrected chi connectivity index (χ4v) is 2.06. The Morgan fingerprint density at radius 1 is 1.32 bits per heavy atom. The smallest absolute Gasteiger partial charge is 0.338 e. The van der Waals surface area contributed by atoms with Crippen molar-refractivity contribution in [3.8, 4) is 0 Å². The van der Waals surface area contributed by atoms with Crippen molar-refractivity contribution >= 4 is 18.4 Å². The van der Waals surface area contributed by atoms with Crippen molar-refractivity contribution in [2.75, 3.05) is 13.2 Å². The Kier molecular flexibility index (Phi) is 5.52. The first-order valence-corrected chi connectivity index (χ1v) is 8.01. The van der Waals surface area contributed by atoms with Crippen molar-refractivity contribution in [3.05, 3.63) is 76.8 Å². The Hall–Kier alpha value is -3.01. The minimum Gasteiger partial charge on any atom is -0.459 e. The lowest BCUT2D eigenvalue weighted by Crippen LogP contribution is -2.09. The zero-order valence-electron chi connectivity index (χ0n) is 13.9. The summed E-state index contributed by atoms with van der Waals surface area (Å²) in [6.45, 7) is 2.84. The summed E-state index contributed by atoms with van der Waals surface area (Å²) in [5.74, 6) is -0.339. The monoisotopic (exact) mass is 334 g/mol. The number of epoxide rings is 1. The molecule has 1 aromatic carbocycles. The number of rotatable bonds is 6. The molecule has 3 rings (SSSR count). The van der Waals surface area contributed by atoms with Crippen LogP contribution in [0.3, 0.4) is 0 Å². The molecule has 1 aliphatic carbocycles. The van der Waals surface area contributed by atoms with Gasteiger partial charge in [0, 0.05) is 12.4 Å². The molecule has 126 valence electrons. The van der Waals surface area contributed by atoms with E-state index in [9.17, 15) is 4.79 Å². The SMILES string of the molecule is C/C=N/C1=C=CC=C(/N=C/c2ccc(C(=O)OCC3CO3)cc2)C=C1. The van der Waals surface area contributed by atoms with Crippen LogP contribution in [-0.4, -0.2) is 37.7 Å². The fraction of sp³-hybridized carbons (Fsp3) is 0.200. The van der Waals surface area contributed by atoms with Crippen LogP contribution < -0.4 is 0 Å². The van der Waals surface area contributed by atoms with Crippen LogP contribution in [0.25, 0.3) is 0 Å². The maximum absolute atomic E-state index is 11.9. The summed E-state index contributed by atoms with van der Waals surface area (Å²) in [4.78, 5) is 20.5. The Balaban J connectivity index is 1.58. The largest absolute Gasteiger partial charge is 0.459 e. The normalized spacial score (nSPS) is 19.0. The molecule has 1 saturated heterocycles. The molecule has 0 saturated carbocycles. The summed E-state index contributed by atoms with van der Waals surface area (Å²) < 4.78 is 10.2. The first-order valence-electron chi connectivity index (χ1n) is 8.01. The number of esters is 1. The van der Waals surface area contributed by atoms with Crippen LogP contribution in [0.2, 0.25) is 0 Å². The summed E-state index contributed by atoms with van der Waals surface area (Å²) in [5, 5.41) is 0. The summed E-state index contributed by atoms with van der Waals surface area (Å²) in [7, 11) is 0. The van der Waals surface area contributed by atoms with E-state index in [0.717, 1.165) is 17.0 Å². The van der Waals surface area contributed by atoms with E-state index in [1.54, 1.807) is 30.6 Å². The Morgan fingerprint density at radius 3 is 2.84 bits per heavy atom. The Bertz CT molecular complexity index is 819. The van der Waals surface area contributed by atoms with Gasteiger partial charge in [0.15, 0.2) is 0 Å². The second-order valence-corrected chi connectivity index (χ2v) is 5.44. The third-order valence-electron chi connectivity index (χ3n) is 3.48. The van der Waals surface area contributed by atoms with Crippen LogP contribution in [0.15, 0.2) is 75.7 Å². The highest BCUT2D eigenvalue weighted by molar-refractivity contribution is 5.91. The Morgan fingerprint density at radius 2 is 2.12 bits per heavy atom. The highest BCUT2D eigenvalue weighted by Gasteiger charge is 2.24. The van der Waals surface area contributed by atoms with E-state index in [2.05, 4.69) is 15.7 Å². The molecule has 5 nitrogen and oxygen atoms in total. The molecule has 1 fully saturated rings. The van der Waals surface area contributed by atoms with Gasteiger partial charge in [0.2, 0.25) is 0 Å². The summed E-state index contributed by atoms with van der Waals surface area (Å²) >= 11 is 0. The molecule has 1 unspecified atom stereocenters. The van der Waals surface area contributed by atoms with Crippen LogP contribution in [-0.2, 0) is 9.47 Å². The molecule has 1 atom stereocenters. The third kappa shape index (κ3) is 5.24. The predicted molar refractivity (Wildman–Crippen MR) is 97.0 cm³/mol. The number of nitrogens with zero attached hydrogens (tertiary/aromatic N) is 2. The Labute approximate surface area is 146 Å². The molecule has 0 amide bonds. The lowest BCUT2D eigenvalue weighted by molar-refractivity contribution is 0.0476. The molecule has 1 aliphatic heterocycles. The van der Waals surface area contributed by atoms with Crippen molar-refractivity contribution < 1.29 is 14.3 Å². The molecule has 1 heterocycles. The van der Waals surface area contributed by atoms with Gasteiger partial charge in [-0.25, -0.2) is 4.79 Å². The molecule has 0 aromatic heterocycles. The summed E-state index contributed by atoms with van der Waals surface area (Å²) in [6, 6.07) is 7.11. The van der Waals surface area contributed by atoms with Crippen LogP contribution in [0.4, 0.5) is 0 Å². The highest BCUT2D eigenvalue weighted by atomic mass is 16.6. The zero-order chi connectivity index (χ0) is 17.5. The standard InChI is InChI=1S/C20H18N2O3/c1-2-21-17-4-3-5-18(11-10-17)22-12-15-6-8-16(9-7-15)20(23)25-14-19-13-24-19/h2-3,5-12,19H,13-14H2,1H3/b21-2+,22-12+. The van der Waals surface area contributed by atoms with Crippen molar-refractivity contribution in [1.29, 1.82) is 0 Å². The van der Waals surface area contributed by atoms with Crippen molar-refractivity contribution in [3.63, 3.8) is 0 Å². The molecule has 0 bridgehead atoms. The van der Waals surface area contributed by atoms with Gasteiger partial charge in [0.05, 0.1) is 17.9 Å². The van der Waals surface area contributed by atoms with Gasteiger partial charge in [-0.3, -0.25) is 9.98 Å². The maximum atomic E-state index is 11.9. The lowest BCUT2D eigenvalue weighted by atomic mass is 10.1. The predicted octanol–water partition coefficient (Wildman–Crippen LogP) is 3.24. The van der Waals surface area contributed by atoms with Crippen molar-refractivity contribution in [2.24, 2.45) is 9.98 Å². The van der Waals surface area contributed by atoms with E-state index in [0.29, 0.717) is 18.8 Å². The van der Waals surface area contributed by atoms with Crippen LogP contribution >= 0.6 is 0 Å². The van der Waals surface area contributed by atoms with Crippen LogP contribution in [0.5, 0.6) is 0 Å². The van der Waals surface area contributed by atoms with Crippen LogP contribution in [0.1, 0.15) is 22.8 Å². The van der Waals surface area contributed by atoms with Gasteiger partial charge in [-0.05, 0) is 48.9 Å². The second kappa shape index (κ2) is 8.20. The van der Waals surface area contributed by atoms with Gasteiger partial charge in [-0.1, -0.05) is 17.9 Å². The minimum absolute atomic E-state index is 0.0725. The summed E-state index contributed by atoms with van der Waals surface area (Å²) in [6.07, 6.45) is 10.9. The van der Waals surface area contributed by atoms with Gasteiger partial charge >= 0.3 is 5.97 Å². The topological polar surface area (TPSA) is 63.5 Å². The van der Waals surface area contributed by atoms with Gasteiger partial charge in [0.1, 0.15) is 18.4 Å². The van der Waals surface area contributed by atoms with E-state index in [1.807, 2.05) is 37.3 Å². The van der Waals surface area contributed by atoms with Gasteiger partial charge in [-0.2, -0.15) is 0 Å². The lowest BCUT2D eigenvalue weighted by Gasteiger charge is -2.02. The molecule has 0 N–H and O–H groups in total. The number of hydrogen-bond acceptors (Lipinski definition) is 5. The molecular weight excluding hydrogens is 316 g/mol. The molecule has 2 aliphatic rings. The molecule has 25 heavy (non-hydrogen) atoms. The number of hydrogen-bond donors (Lipinski definition) is 0. The zero-order valence-corrected chi connectivity index (χ0v) is 13.9. The van der Waals surface area contributed by atoms with Crippen LogP contribution in [0, 0.1) is 0 Å². The molecule has 5 heteroatoms. The molecule has 1 aromatic rings. The van der Waals surface area contributed by atoms with Gasteiger partial charge in [-0.15, -0.1) is 0 Å². The average Bonchev–Trinajstić information content (AvgIpc) is 3.47. The van der Waals surface area contributed by atoms with E-state index >= 15 is 0 Å². The average molecular weight is 334 g/mol. The highest BCUT2D eigenvalue weighted by Crippen LogP contribution is 2.12. The molecule has 0 spiro atoms.